The van der Waals surface area contributed by atoms with Crippen LogP contribution in [0.15, 0.2) is 24.3 Å². The number of carbonyl (C=O) groups is 4. The van der Waals surface area contributed by atoms with Gasteiger partial charge in [-0.2, -0.15) is 0 Å². The second-order valence-electron chi connectivity index (χ2n) is 3.24. The smallest absolute Gasteiger partial charge is 0.330 e. The molecule has 0 saturated heterocycles. The number of hydrogen-bond donors (Lipinski definition) is 0. The summed E-state index contributed by atoms with van der Waals surface area (Å²) in [6, 6.07) is 0. The number of carbonyl (C=O) groups excluding carboxylic acids is 4. The third-order valence-corrected chi connectivity index (χ3v) is 1.57. The minimum atomic E-state index is -1.41. The van der Waals surface area contributed by atoms with Crippen LogP contribution in [0.3, 0.4) is 0 Å². The van der Waals surface area contributed by atoms with Crippen LogP contribution in [0.2, 0.25) is 0 Å². The van der Waals surface area contributed by atoms with Crippen LogP contribution in [0.1, 0.15) is 20.8 Å². The summed E-state index contributed by atoms with van der Waals surface area (Å²) in [5, 5.41) is 9.70. The molecule has 0 aliphatic rings. The molecule has 0 aromatic carbocycles. The molecule has 0 heterocycles. The first-order chi connectivity index (χ1) is 10.4. The van der Waals surface area contributed by atoms with Gasteiger partial charge in [0.15, 0.2) is 0 Å². The highest BCUT2D eigenvalue weighted by Crippen LogP contribution is 1.84. The van der Waals surface area contributed by atoms with Crippen molar-refractivity contribution in [3.63, 3.8) is 0 Å². The van der Waals surface area contributed by atoms with E-state index in [1.54, 1.807) is 20.8 Å². The zero-order valence-corrected chi connectivity index (χ0v) is 12.7. The molecule has 0 fully saturated rings. The predicted molar refractivity (Wildman–Crippen MR) is 73.2 cm³/mol. The Hall–Kier alpha value is -2.64. The lowest BCUT2D eigenvalue weighted by Gasteiger charge is -1.95. The fourth-order valence-corrected chi connectivity index (χ4v) is 0.843. The maximum atomic E-state index is 10.6. The van der Waals surface area contributed by atoms with Gasteiger partial charge in [-0.3, -0.25) is 0 Å². The van der Waals surface area contributed by atoms with Crippen molar-refractivity contribution in [2.45, 2.75) is 20.8 Å². The highest BCUT2D eigenvalue weighted by molar-refractivity contribution is 5.91. The van der Waals surface area contributed by atoms with Crippen LogP contribution in [0.25, 0.3) is 0 Å². The molecule has 0 aromatic rings. The Kier molecular flexibility index (Phi) is 14.5. The molecule has 0 rings (SSSR count). The molecular formula is C14H19O8-. The highest BCUT2D eigenvalue weighted by Gasteiger charge is 1.97. The van der Waals surface area contributed by atoms with Crippen molar-refractivity contribution in [2.24, 2.45) is 0 Å². The maximum Gasteiger partial charge on any atom is 0.330 e. The van der Waals surface area contributed by atoms with E-state index in [9.17, 15) is 24.3 Å². The van der Waals surface area contributed by atoms with E-state index in [1.165, 1.54) is 0 Å². The minimum absolute atomic E-state index is 0.232. The summed E-state index contributed by atoms with van der Waals surface area (Å²) in [6.07, 6.45) is 3.51. The van der Waals surface area contributed by atoms with Crippen LogP contribution in [0.5, 0.6) is 0 Å². The summed E-state index contributed by atoms with van der Waals surface area (Å²) in [7, 11) is 0. The first-order valence-electron chi connectivity index (χ1n) is 6.44. The van der Waals surface area contributed by atoms with Gasteiger partial charge in [-0.05, 0) is 26.8 Å². The van der Waals surface area contributed by atoms with Gasteiger partial charge in [0.1, 0.15) is 0 Å². The molecule has 22 heavy (non-hydrogen) atoms. The number of aliphatic carboxylic acids is 1. The Bertz CT molecular complexity index is 403. The fourth-order valence-electron chi connectivity index (χ4n) is 0.843. The van der Waals surface area contributed by atoms with Crippen LogP contribution in [-0.2, 0) is 33.4 Å². The number of carboxylic acid groups (broad SMARTS) is 1. The molecule has 0 atom stereocenters. The molecule has 0 radical (unpaired) electrons. The normalized spacial score (nSPS) is 9.77. The van der Waals surface area contributed by atoms with Gasteiger partial charge in [0.2, 0.25) is 0 Å². The molecule has 0 aliphatic carbocycles. The van der Waals surface area contributed by atoms with E-state index in [0.29, 0.717) is 19.3 Å². The zero-order chi connectivity index (χ0) is 17.4. The van der Waals surface area contributed by atoms with Gasteiger partial charge in [-0.1, -0.05) is 0 Å². The molecule has 124 valence electrons. The van der Waals surface area contributed by atoms with Gasteiger partial charge in [0.05, 0.1) is 25.8 Å². The van der Waals surface area contributed by atoms with Crippen molar-refractivity contribution in [2.75, 3.05) is 19.8 Å². The molecule has 0 saturated carbocycles. The SMILES string of the molecule is CCOC(=O)/C=C/C(=O)OCC.CCOC(=O)/C=C/C(=O)[O-]. The van der Waals surface area contributed by atoms with Crippen molar-refractivity contribution < 1.29 is 38.5 Å². The summed E-state index contributed by atoms with van der Waals surface area (Å²) in [6.45, 7) is 5.84. The molecule has 0 amide bonds. The molecule has 8 heteroatoms. The lowest BCUT2D eigenvalue weighted by Crippen LogP contribution is -2.19. The minimum Gasteiger partial charge on any atom is -0.545 e. The molecule has 0 spiro atoms. The Labute approximate surface area is 128 Å². The zero-order valence-electron chi connectivity index (χ0n) is 12.7. The van der Waals surface area contributed by atoms with E-state index in [2.05, 4.69) is 14.2 Å². The molecule has 0 N–H and O–H groups in total. The van der Waals surface area contributed by atoms with Gasteiger partial charge >= 0.3 is 17.9 Å². The fraction of sp³-hybridized carbons (Fsp3) is 0.429. The number of rotatable bonds is 7. The third kappa shape index (κ3) is 17.4. The van der Waals surface area contributed by atoms with Crippen LogP contribution in [0, 0.1) is 0 Å². The summed E-state index contributed by atoms with van der Waals surface area (Å²) in [4.78, 5) is 41.3. The monoisotopic (exact) mass is 315 g/mol. The summed E-state index contributed by atoms with van der Waals surface area (Å²) < 4.78 is 13.4. The van der Waals surface area contributed by atoms with E-state index in [4.69, 9.17) is 0 Å². The largest absolute Gasteiger partial charge is 0.545 e. The Morgan fingerprint density at radius 3 is 1.18 bits per heavy atom. The van der Waals surface area contributed by atoms with Gasteiger partial charge in [-0.15, -0.1) is 0 Å². The van der Waals surface area contributed by atoms with Gasteiger partial charge in [0.25, 0.3) is 0 Å². The van der Waals surface area contributed by atoms with Crippen molar-refractivity contribution in [3.8, 4) is 0 Å². The van der Waals surface area contributed by atoms with Crippen molar-refractivity contribution in [1.82, 2.24) is 0 Å². The van der Waals surface area contributed by atoms with E-state index in [1.807, 2.05) is 0 Å². The summed E-state index contributed by atoms with van der Waals surface area (Å²) in [5.41, 5.74) is 0. The third-order valence-electron chi connectivity index (χ3n) is 1.57. The highest BCUT2D eigenvalue weighted by atomic mass is 16.5. The van der Waals surface area contributed by atoms with E-state index >= 15 is 0 Å². The van der Waals surface area contributed by atoms with Gasteiger partial charge in [0, 0.05) is 18.2 Å². The molecular weight excluding hydrogens is 296 g/mol. The predicted octanol–water partition coefficient (Wildman–Crippen LogP) is -0.476. The van der Waals surface area contributed by atoms with Crippen molar-refractivity contribution in [1.29, 1.82) is 0 Å². The summed E-state index contributed by atoms with van der Waals surface area (Å²) in [5.74, 6) is -3.16. The Morgan fingerprint density at radius 2 is 0.955 bits per heavy atom. The first kappa shape index (κ1) is 21.7. The van der Waals surface area contributed by atoms with E-state index < -0.39 is 23.9 Å². The lowest BCUT2D eigenvalue weighted by molar-refractivity contribution is -0.297. The number of ether oxygens (including phenoxy) is 3. The van der Waals surface area contributed by atoms with Crippen molar-refractivity contribution >= 4 is 23.9 Å². The second kappa shape index (κ2) is 14.8. The average Bonchev–Trinajstić information content (AvgIpc) is 2.45. The lowest BCUT2D eigenvalue weighted by atomic mass is 10.5. The first-order valence-corrected chi connectivity index (χ1v) is 6.44. The molecule has 0 bridgehead atoms. The summed E-state index contributed by atoms with van der Waals surface area (Å²) >= 11 is 0. The van der Waals surface area contributed by atoms with Gasteiger partial charge < -0.3 is 24.1 Å². The van der Waals surface area contributed by atoms with E-state index in [0.717, 1.165) is 18.2 Å². The standard InChI is InChI=1S/C8H12O4.C6H8O4/c1-3-11-7(9)5-6-8(10)12-4-2;1-2-10-6(9)4-3-5(7)8/h5-6H,3-4H2,1-2H3;3-4H,2H2,1H3,(H,7,8)/p-1/b6-5+;4-3+. The maximum absolute atomic E-state index is 10.6. The van der Waals surface area contributed by atoms with Crippen molar-refractivity contribution in [3.05, 3.63) is 24.3 Å². The van der Waals surface area contributed by atoms with Crippen LogP contribution < -0.4 is 5.11 Å². The number of hydrogen-bond acceptors (Lipinski definition) is 8. The molecule has 8 nitrogen and oxygen atoms in total. The second-order valence-corrected chi connectivity index (χ2v) is 3.24. The Morgan fingerprint density at radius 1 is 0.682 bits per heavy atom. The molecule has 0 aliphatic heterocycles. The van der Waals surface area contributed by atoms with E-state index in [-0.39, 0.29) is 6.61 Å². The molecule has 0 unspecified atom stereocenters. The Balaban J connectivity index is 0. The number of esters is 3. The quantitative estimate of drug-likeness (QED) is 0.351. The average molecular weight is 315 g/mol. The van der Waals surface area contributed by atoms with Crippen LogP contribution in [0.4, 0.5) is 0 Å². The van der Waals surface area contributed by atoms with Crippen LogP contribution in [-0.4, -0.2) is 43.7 Å². The molecule has 0 aromatic heterocycles. The number of carboxylic acids is 1. The van der Waals surface area contributed by atoms with Gasteiger partial charge in [-0.25, -0.2) is 14.4 Å². The topological polar surface area (TPSA) is 119 Å². The van der Waals surface area contributed by atoms with Crippen LogP contribution >= 0.6 is 0 Å².